The first-order chi connectivity index (χ1) is 11.1. The second-order valence-electron chi connectivity index (χ2n) is 6.92. The van der Waals surface area contributed by atoms with Crippen LogP contribution in [0.25, 0.3) is 5.57 Å². The smallest absolute Gasteiger partial charge is 0.0818 e. The fourth-order valence-corrected chi connectivity index (χ4v) is 3.38. The van der Waals surface area contributed by atoms with E-state index in [1.165, 1.54) is 33.4 Å². The lowest BCUT2D eigenvalue weighted by molar-refractivity contribution is 0.0910. The molecule has 0 aliphatic carbocycles. The lowest BCUT2D eigenvalue weighted by atomic mass is 9.86. The number of rotatable bonds is 3. The molecule has 2 aromatic rings. The van der Waals surface area contributed by atoms with Gasteiger partial charge in [-0.05, 0) is 48.5 Å². The van der Waals surface area contributed by atoms with Gasteiger partial charge in [0.1, 0.15) is 0 Å². The SMILES string of the molecule is Cc1ccc(C(=C2CCOC2C(C)C)c2ccc(C)cc2)cc1. The summed E-state index contributed by atoms with van der Waals surface area (Å²) in [5, 5.41) is 0. The summed E-state index contributed by atoms with van der Waals surface area (Å²) in [5.41, 5.74) is 8.00. The van der Waals surface area contributed by atoms with Crippen LogP contribution in [0.1, 0.15) is 42.5 Å². The molecule has 3 rings (SSSR count). The van der Waals surface area contributed by atoms with Gasteiger partial charge in [0.2, 0.25) is 0 Å². The average molecular weight is 306 g/mol. The van der Waals surface area contributed by atoms with Crippen LogP contribution < -0.4 is 0 Å². The minimum absolute atomic E-state index is 0.229. The molecule has 1 aliphatic heterocycles. The molecule has 0 saturated carbocycles. The van der Waals surface area contributed by atoms with Crippen molar-refractivity contribution in [2.75, 3.05) is 6.61 Å². The molecule has 1 unspecified atom stereocenters. The summed E-state index contributed by atoms with van der Waals surface area (Å²) < 4.78 is 6.04. The largest absolute Gasteiger partial charge is 0.373 e. The Balaban J connectivity index is 2.17. The van der Waals surface area contributed by atoms with Crippen LogP contribution in [0.15, 0.2) is 54.1 Å². The number of aryl methyl sites for hydroxylation is 2. The third-order valence-electron chi connectivity index (χ3n) is 4.62. The van der Waals surface area contributed by atoms with Crippen molar-refractivity contribution < 1.29 is 4.74 Å². The Bertz CT molecular complexity index is 642. The van der Waals surface area contributed by atoms with Gasteiger partial charge in [-0.25, -0.2) is 0 Å². The maximum absolute atomic E-state index is 6.04. The zero-order chi connectivity index (χ0) is 16.4. The van der Waals surface area contributed by atoms with Gasteiger partial charge in [0.25, 0.3) is 0 Å². The second-order valence-corrected chi connectivity index (χ2v) is 6.92. The van der Waals surface area contributed by atoms with Gasteiger partial charge in [0, 0.05) is 0 Å². The molecule has 1 heterocycles. The van der Waals surface area contributed by atoms with Crippen LogP contribution in [0.4, 0.5) is 0 Å². The fraction of sp³-hybridized carbons (Fsp3) is 0.364. The predicted octanol–water partition coefficient (Wildman–Crippen LogP) is 5.55. The van der Waals surface area contributed by atoms with E-state index < -0.39 is 0 Å². The third-order valence-corrected chi connectivity index (χ3v) is 4.62. The van der Waals surface area contributed by atoms with E-state index in [4.69, 9.17) is 4.74 Å². The molecule has 1 fully saturated rings. The summed E-state index contributed by atoms with van der Waals surface area (Å²) >= 11 is 0. The lowest BCUT2D eigenvalue weighted by Gasteiger charge is -2.21. The third kappa shape index (κ3) is 3.40. The lowest BCUT2D eigenvalue weighted by Crippen LogP contribution is -2.17. The molecule has 0 radical (unpaired) electrons. The summed E-state index contributed by atoms with van der Waals surface area (Å²) in [4.78, 5) is 0. The molecule has 1 saturated heterocycles. The van der Waals surface area contributed by atoms with Gasteiger partial charge in [0.05, 0.1) is 12.7 Å². The van der Waals surface area contributed by atoms with Crippen molar-refractivity contribution >= 4 is 5.57 Å². The van der Waals surface area contributed by atoms with E-state index in [1.54, 1.807) is 0 Å². The van der Waals surface area contributed by atoms with Gasteiger partial charge in [-0.2, -0.15) is 0 Å². The zero-order valence-electron chi connectivity index (χ0n) is 14.6. The van der Waals surface area contributed by atoms with E-state index >= 15 is 0 Å². The van der Waals surface area contributed by atoms with Gasteiger partial charge in [-0.3, -0.25) is 0 Å². The molecule has 1 aliphatic rings. The van der Waals surface area contributed by atoms with Crippen molar-refractivity contribution in [2.45, 2.75) is 40.2 Å². The molecule has 1 heteroatoms. The highest BCUT2D eigenvalue weighted by Crippen LogP contribution is 2.36. The van der Waals surface area contributed by atoms with E-state index in [-0.39, 0.29) is 6.10 Å². The maximum Gasteiger partial charge on any atom is 0.0818 e. The Hall–Kier alpha value is -1.86. The van der Waals surface area contributed by atoms with Crippen LogP contribution >= 0.6 is 0 Å². The van der Waals surface area contributed by atoms with Gasteiger partial charge in [0.15, 0.2) is 0 Å². The number of hydrogen-bond donors (Lipinski definition) is 0. The highest BCUT2D eigenvalue weighted by molar-refractivity contribution is 5.83. The first-order valence-corrected chi connectivity index (χ1v) is 8.55. The van der Waals surface area contributed by atoms with Crippen LogP contribution in [-0.4, -0.2) is 12.7 Å². The van der Waals surface area contributed by atoms with Crippen LogP contribution in [-0.2, 0) is 4.74 Å². The van der Waals surface area contributed by atoms with Crippen molar-refractivity contribution in [3.8, 4) is 0 Å². The van der Waals surface area contributed by atoms with Gasteiger partial charge >= 0.3 is 0 Å². The summed E-state index contributed by atoms with van der Waals surface area (Å²) in [6, 6.07) is 17.8. The van der Waals surface area contributed by atoms with Gasteiger partial charge in [-0.1, -0.05) is 73.5 Å². The van der Waals surface area contributed by atoms with E-state index in [9.17, 15) is 0 Å². The standard InChI is InChI=1S/C22H26O/c1-15(2)22-20(13-14-23-22)21(18-9-5-16(3)6-10-18)19-11-7-17(4)8-12-19/h5-12,15,22H,13-14H2,1-4H3. The summed E-state index contributed by atoms with van der Waals surface area (Å²) in [6.45, 7) is 9.60. The molecule has 0 amide bonds. The zero-order valence-corrected chi connectivity index (χ0v) is 14.6. The Morgan fingerprint density at radius 1 is 0.870 bits per heavy atom. The Morgan fingerprint density at radius 2 is 1.35 bits per heavy atom. The Morgan fingerprint density at radius 3 is 1.78 bits per heavy atom. The highest BCUT2D eigenvalue weighted by Gasteiger charge is 2.28. The van der Waals surface area contributed by atoms with Gasteiger partial charge < -0.3 is 4.74 Å². The van der Waals surface area contributed by atoms with Crippen LogP contribution in [0.5, 0.6) is 0 Å². The molecular weight excluding hydrogens is 280 g/mol. The molecule has 0 aromatic heterocycles. The molecule has 120 valence electrons. The topological polar surface area (TPSA) is 9.23 Å². The quantitative estimate of drug-likeness (QED) is 0.722. The predicted molar refractivity (Wildman–Crippen MR) is 97.6 cm³/mol. The molecule has 0 N–H and O–H groups in total. The van der Waals surface area contributed by atoms with Crippen LogP contribution in [0.2, 0.25) is 0 Å². The molecule has 1 nitrogen and oxygen atoms in total. The first kappa shape index (κ1) is 16.0. The monoisotopic (exact) mass is 306 g/mol. The maximum atomic E-state index is 6.04. The van der Waals surface area contributed by atoms with E-state index in [0.29, 0.717) is 5.92 Å². The van der Waals surface area contributed by atoms with Crippen molar-refractivity contribution in [3.05, 3.63) is 76.4 Å². The van der Waals surface area contributed by atoms with Gasteiger partial charge in [-0.15, -0.1) is 0 Å². The molecule has 0 spiro atoms. The van der Waals surface area contributed by atoms with Crippen molar-refractivity contribution in [1.29, 1.82) is 0 Å². The molecule has 1 atom stereocenters. The normalized spacial score (nSPS) is 17.8. The minimum atomic E-state index is 0.229. The van der Waals surface area contributed by atoms with Crippen LogP contribution in [0.3, 0.4) is 0 Å². The number of benzene rings is 2. The number of hydrogen-bond acceptors (Lipinski definition) is 1. The van der Waals surface area contributed by atoms with Crippen LogP contribution in [0, 0.1) is 19.8 Å². The highest BCUT2D eigenvalue weighted by atomic mass is 16.5. The van der Waals surface area contributed by atoms with Crippen molar-refractivity contribution in [3.63, 3.8) is 0 Å². The second kappa shape index (κ2) is 6.72. The summed E-state index contributed by atoms with van der Waals surface area (Å²) in [6.07, 6.45) is 1.26. The van der Waals surface area contributed by atoms with E-state index in [1.807, 2.05) is 0 Å². The fourth-order valence-electron chi connectivity index (χ4n) is 3.38. The minimum Gasteiger partial charge on any atom is -0.373 e. The molecule has 0 bridgehead atoms. The summed E-state index contributed by atoms with van der Waals surface area (Å²) in [5.74, 6) is 0.499. The molecule has 2 aromatic carbocycles. The van der Waals surface area contributed by atoms with Crippen molar-refractivity contribution in [1.82, 2.24) is 0 Å². The Labute approximate surface area is 140 Å². The average Bonchev–Trinajstić information content (AvgIpc) is 3.01. The molecular formula is C22H26O. The van der Waals surface area contributed by atoms with Crippen molar-refractivity contribution in [2.24, 2.45) is 5.92 Å². The van der Waals surface area contributed by atoms with E-state index in [0.717, 1.165) is 13.0 Å². The summed E-state index contributed by atoms with van der Waals surface area (Å²) in [7, 11) is 0. The number of ether oxygens (including phenoxy) is 1. The Kier molecular flexibility index (Phi) is 4.68. The first-order valence-electron chi connectivity index (χ1n) is 8.55. The van der Waals surface area contributed by atoms with E-state index in [2.05, 4.69) is 76.2 Å². The molecule has 23 heavy (non-hydrogen) atoms.